The van der Waals surface area contributed by atoms with E-state index in [1.165, 1.54) is 0 Å². The van der Waals surface area contributed by atoms with Crippen molar-refractivity contribution in [2.24, 2.45) is 0 Å². The zero-order chi connectivity index (χ0) is 14.7. The van der Waals surface area contributed by atoms with Crippen LogP contribution in [0.2, 0.25) is 5.15 Å². The average molecular weight is 304 g/mol. The molecule has 108 valence electrons. The Morgan fingerprint density at radius 2 is 2.10 bits per heavy atom. The number of furan rings is 1. The lowest BCUT2D eigenvalue weighted by Gasteiger charge is -2.08. The highest BCUT2D eigenvalue weighted by Crippen LogP contribution is 2.24. The molecule has 0 aliphatic rings. The number of rotatable bonds is 5. The molecule has 21 heavy (non-hydrogen) atoms. The molecule has 0 radical (unpaired) electrons. The number of pyridine rings is 1. The molecule has 0 aliphatic carbocycles. The van der Waals surface area contributed by atoms with E-state index in [1.807, 2.05) is 36.4 Å². The van der Waals surface area contributed by atoms with Crippen LogP contribution in [0.15, 0.2) is 47.1 Å². The monoisotopic (exact) mass is 303 g/mol. The van der Waals surface area contributed by atoms with Crippen molar-refractivity contribution in [1.82, 2.24) is 4.98 Å². The van der Waals surface area contributed by atoms with Gasteiger partial charge in [0.2, 0.25) is 0 Å². The molecule has 0 bridgehead atoms. The first kappa shape index (κ1) is 13.9. The smallest absolute Gasteiger partial charge is 0.135 e. The highest BCUT2D eigenvalue weighted by atomic mass is 35.5. The predicted molar refractivity (Wildman–Crippen MR) is 80.5 cm³/mol. The van der Waals surface area contributed by atoms with Gasteiger partial charge in [-0.1, -0.05) is 11.6 Å². The Morgan fingerprint density at radius 3 is 2.86 bits per heavy atom. The number of aromatic nitrogens is 1. The van der Waals surface area contributed by atoms with Gasteiger partial charge in [-0.25, -0.2) is 4.98 Å². The number of methoxy groups -OCH3 is 1. The molecule has 3 rings (SSSR count). The number of hydrogen-bond acceptors (Lipinski definition) is 4. The van der Waals surface area contributed by atoms with E-state index in [-0.39, 0.29) is 0 Å². The summed E-state index contributed by atoms with van der Waals surface area (Å²) in [6, 6.07) is 11.4. The molecule has 2 aromatic heterocycles. The van der Waals surface area contributed by atoms with Gasteiger partial charge in [0.1, 0.15) is 23.3 Å². The Balaban J connectivity index is 1.77. The van der Waals surface area contributed by atoms with E-state index in [0.29, 0.717) is 18.4 Å². The van der Waals surface area contributed by atoms with E-state index in [9.17, 15) is 0 Å². The van der Waals surface area contributed by atoms with Crippen LogP contribution < -0.4 is 4.74 Å². The van der Waals surface area contributed by atoms with Gasteiger partial charge in [-0.15, -0.1) is 0 Å². The Kier molecular flexibility index (Phi) is 4.08. The van der Waals surface area contributed by atoms with Crippen LogP contribution in [-0.4, -0.2) is 12.1 Å². The molecule has 0 fully saturated rings. The lowest BCUT2D eigenvalue weighted by atomic mass is 10.1. The van der Waals surface area contributed by atoms with Gasteiger partial charge in [0.05, 0.1) is 25.5 Å². The first-order chi connectivity index (χ1) is 10.3. The summed E-state index contributed by atoms with van der Waals surface area (Å²) in [4.78, 5) is 4.38. The van der Waals surface area contributed by atoms with E-state index in [0.717, 1.165) is 28.0 Å². The van der Waals surface area contributed by atoms with Crippen LogP contribution in [0.1, 0.15) is 11.3 Å². The molecule has 0 N–H and O–H groups in total. The van der Waals surface area contributed by atoms with Gasteiger partial charge in [0, 0.05) is 17.0 Å². The third-order valence-corrected chi connectivity index (χ3v) is 3.46. The molecule has 3 aromatic rings. The molecule has 0 spiro atoms. The lowest BCUT2D eigenvalue weighted by Crippen LogP contribution is -1.96. The van der Waals surface area contributed by atoms with Crippen LogP contribution in [0.25, 0.3) is 10.9 Å². The maximum atomic E-state index is 6.20. The Bertz CT molecular complexity index is 741. The van der Waals surface area contributed by atoms with Gasteiger partial charge in [0.25, 0.3) is 0 Å². The summed E-state index contributed by atoms with van der Waals surface area (Å²) >= 11 is 6.20. The summed E-state index contributed by atoms with van der Waals surface area (Å²) in [5, 5.41) is 1.44. The van der Waals surface area contributed by atoms with E-state index in [1.54, 1.807) is 13.4 Å². The summed E-state index contributed by atoms with van der Waals surface area (Å²) in [6.07, 6.45) is 1.62. The number of benzene rings is 1. The molecule has 0 atom stereocenters. The summed E-state index contributed by atoms with van der Waals surface area (Å²) in [7, 11) is 1.62. The SMILES string of the molecule is COc1ccc2cc(COCc3ccco3)c(Cl)nc2c1. The summed E-state index contributed by atoms with van der Waals surface area (Å²) in [5.41, 5.74) is 1.65. The molecule has 0 saturated carbocycles. The van der Waals surface area contributed by atoms with Crippen LogP contribution in [0.3, 0.4) is 0 Å². The number of halogens is 1. The summed E-state index contributed by atoms with van der Waals surface area (Å²) in [5.74, 6) is 1.54. The van der Waals surface area contributed by atoms with E-state index < -0.39 is 0 Å². The van der Waals surface area contributed by atoms with Gasteiger partial charge >= 0.3 is 0 Å². The second-order valence-electron chi connectivity index (χ2n) is 4.57. The fraction of sp³-hybridized carbons (Fsp3) is 0.188. The first-order valence-corrected chi connectivity index (χ1v) is 6.87. The van der Waals surface area contributed by atoms with Crippen molar-refractivity contribution in [3.8, 4) is 5.75 Å². The van der Waals surface area contributed by atoms with Crippen LogP contribution in [0.4, 0.5) is 0 Å². The second kappa shape index (κ2) is 6.16. The van der Waals surface area contributed by atoms with Crippen LogP contribution in [0.5, 0.6) is 5.75 Å². The zero-order valence-corrected chi connectivity index (χ0v) is 12.3. The minimum atomic E-state index is 0.383. The average Bonchev–Trinajstić information content (AvgIpc) is 3.00. The van der Waals surface area contributed by atoms with E-state index in [4.69, 9.17) is 25.5 Å². The van der Waals surface area contributed by atoms with Gasteiger partial charge in [-0.2, -0.15) is 0 Å². The number of ether oxygens (including phenoxy) is 2. The largest absolute Gasteiger partial charge is 0.497 e. The minimum Gasteiger partial charge on any atom is -0.497 e. The van der Waals surface area contributed by atoms with Crippen molar-refractivity contribution in [2.75, 3.05) is 7.11 Å². The number of hydrogen-bond donors (Lipinski definition) is 0. The fourth-order valence-electron chi connectivity index (χ4n) is 2.05. The molecule has 0 amide bonds. The van der Waals surface area contributed by atoms with Gasteiger partial charge in [0.15, 0.2) is 0 Å². The van der Waals surface area contributed by atoms with Crippen molar-refractivity contribution in [3.05, 3.63) is 59.1 Å². The molecular weight excluding hydrogens is 290 g/mol. The Labute approximate surface area is 127 Å². The molecule has 2 heterocycles. The highest BCUT2D eigenvalue weighted by molar-refractivity contribution is 6.30. The van der Waals surface area contributed by atoms with Crippen molar-refractivity contribution >= 4 is 22.5 Å². The van der Waals surface area contributed by atoms with Crippen molar-refractivity contribution < 1.29 is 13.9 Å². The third-order valence-electron chi connectivity index (χ3n) is 3.13. The van der Waals surface area contributed by atoms with E-state index >= 15 is 0 Å². The van der Waals surface area contributed by atoms with Gasteiger partial charge in [-0.3, -0.25) is 0 Å². The minimum absolute atomic E-state index is 0.383. The molecule has 4 nitrogen and oxygen atoms in total. The quantitative estimate of drug-likeness (QED) is 0.662. The maximum absolute atomic E-state index is 6.20. The van der Waals surface area contributed by atoms with Crippen molar-refractivity contribution in [2.45, 2.75) is 13.2 Å². The van der Waals surface area contributed by atoms with Crippen LogP contribution >= 0.6 is 11.6 Å². The fourth-order valence-corrected chi connectivity index (χ4v) is 2.25. The normalized spacial score (nSPS) is 11.0. The Hall–Kier alpha value is -2.04. The Morgan fingerprint density at radius 1 is 1.19 bits per heavy atom. The van der Waals surface area contributed by atoms with E-state index in [2.05, 4.69) is 4.98 Å². The van der Waals surface area contributed by atoms with Crippen molar-refractivity contribution in [3.63, 3.8) is 0 Å². The lowest BCUT2D eigenvalue weighted by molar-refractivity contribution is 0.0929. The summed E-state index contributed by atoms with van der Waals surface area (Å²) < 4.78 is 16.0. The second-order valence-corrected chi connectivity index (χ2v) is 4.93. The topological polar surface area (TPSA) is 44.5 Å². The highest BCUT2D eigenvalue weighted by Gasteiger charge is 2.07. The summed E-state index contributed by atoms with van der Waals surface area (Å²) in [6.45, 7) is 0.790. The van der Waals surface area contributed by atoms with Crippen LogP contribution in [-0.2, 0) is 18.0 Å². The predicted octanol–water partition coefficient (Wildman–Crippen LogP) is 4.21. The zero-order valence-electron chi connectivity index (χ0n) is 11.5. The standard InChI is InChI=1S/C16H14ClNO3/c1-19-13-5-4-11-7-12(16(17)18-15(11)8-13)9-20-10-14-3-2-6-21-14/h2-8H,9-10H2,1H3. The molecule has 0 aliphatic heterocycles. The maximum Gasteiger partial charge on any atom is 0.135 e. The number of fused-ring (bicyclic) bond motifs is 1. The molecule has 5 heteroatoms. The first-order valence-electron chi connectivity index (χ1n) is 6.49. The molecule has 1 aromatic carbocycles. The van der Waals surface area contributed by atoms with Gasteiger partial charge in [-0.05, 0) is 30.3 Å². The molecule has 0 saturated heterocycles. The number of nitrogens with zero attached hydrogens (tertiary/aromatic N) is 1. The third kappa shape index (κ3) is 3.17. The molecule has 0 unspecified atom stereocenters. The van der Waals surface area contributed by atoms with Gasteiger partial charge < -0.3 is 13.9 Å². The van der Waals surface area contributed by atoms with Crippen LogP contribution in [0, 0.1) is 0 Å². The van der Waals surface area contributed by atoms with Crippen molar-refractivity contribution in [1.29, 1.82) is 0 Å². The molecular formula is C16H14ClNO3.